The Balaban J connectivity index is 2.17. The van der Waals surface area contributed by atoms with Gasteiger partial charge in [0.1, 0.15) is 29.4 Å². The predicted molar refractivity (Wildman–Crippen MR) is 121 cm³/mol. The molecule has 1 aromatic heterocycles. The van der Waals surface area contributed by atoms with Crippen LogP contribution in [0, 0.1) is 0 Å². The van der Waals surface area contributed by atoms with E-state index in [0.717, 1.165) is 6.92 Å². The van der Waals surface area contributed by atoms with Gasteiger partial charge in [-0.25, -0.2) is 18.4 Å². The normalized spacial score (nSPS) is 12.9. The van der Waals surface area contributed by atoms with Gasteiger partial charge in [-0.05, 0) is 32.0 Å². The highest BCUT2D eigenvalue weighted by atomic mass is 32.2. The minimum absolute atomic E-state index is 0.0103. The Bertz CT molecular complexity index is 1280. The molecule has 8 nitrogen and oxygen atoms in total. The van der Waals surface area contributed by atoms with E-state index in [4.69, 9.17) is 14.2 Å². The number of sulfone groups is 1. The van der Waals surface area contributed by atoms with Crippen molar-refractivity contribution in [2.24, 2.45) is 0 Å². The number of rotatable bonds is 9. The number of halogens is 3. The first-order valence-electron chi connectivity index (χ1n) is 10.3. The largest absolute Gasteiger partial charge is 0.497 e. The lowest BCUT2D eigenvalue weighted by Gasteiger charge is -2.21. The Labute approximate surface area is 195 Å². The summed E-state index contributed by atoms with van der Waals surface area (Å²) in [7, 11) is -2.16. The predicted octanol–water partition coefficient (Wildman–Crippen LogP) is 4.90. The zero-order valence-corrected chi connectivity index (χ0v) is 19.7. The van der Waals surface area contributed by atoms with Gasteiger partial charge < -0.3 is 19.5 Å². The number of aromatic nitrogens is 2. The molecule has 0 aliphatic heterocycles. The topological polar surface area (TPSA) is 99.6 Å². The molecule has 34 heavy (non-hydrogen) atoms. The molecule has 3 rings (SSSR count). The van der Waals surface area contributed by atoms with Gasteiger partial charge in [-0.3, -0.25) is 0 Å². The van der Waals surface area contributed by atoms with Crippen LogP contribution in [0.5, 0.6) is 17.2 Å². The van der Waals surface area contributed by atoms with Crippen LogP contribution in [0.2, 0.25) is 0 Å². The van der Waals surface area contributed by atoms with Crippen LogP contribution in [0.3, 0.4) is 0 Å². The number of benzene rings is 2. The first kappa shape index (κ1) is 25.3. The Morgan fingerprint density at radius 2 is 1.82 bits per heavy atom. The molecule has 0 fully saturated rings. The molecule has 0 aliphatic rings. The van der Waals surface area contributed by atoms with Crippen LogP contribution in [0.1, 0.15) is 20.8 Å². The van der Waals surface area contributed by atoms with Crippen LogP contribution >= 0.6 is 0 Å². The summed E-state index contributed by atoms with van der Waals surface area (Å²) in [6.45, 7) is 4.43. The molecule has 0 aliphatic carbocycles. The quantitative estimate of drug-likeness (QED) is 0.444. The molecule has 1 unspecified atom stereocenters. The second kappa shape index (κ2) is 9.92. The number of alkyl halides is 3. The lowest BCUT2D eigenvalue weighted by molar-refractivity contribution is -0.189. The molecule has 0 saturated heterocycles. The van der Waals surface area contributed by atoms with Crippen molar-refractivity contribution in [2.75, 3.05) is 24.8 Å². The number of anilines is 2. The van der Waals surface area contributed by atoms with Gasteiger partial charge in [-0.2, -0.15) is 13.2 Å². The summed E-state index contributed by atoms with van der Waals surface area (Å²) in [4.78, 5) is 8.36. The van der Waals surface area contributed by atoms with Crippen LogP contribution in [0.15, 0.2) is 41.6 Å². The van der Waals surface area contributed by atoms with E-state index in [1.54, 1.807) is 19.1 Å². The zero-order chi connectivity index (χ0) is 25.1. The van der Waals surface area contributed by atoms with E-state index >= 15 is 0 Å². The van der Waals surface area contributed by atoms with Crippen molar-refractivity contribution in [2.45, 2.75) is 37.9 Å². The van der Waals surface area contributed by atoms with Crippen molar-refractivity contribution in [3.63, 3.8) is 0 Å². The van der Waals surface area contributed by atoms with Crippen molar-refractivity contribution in [1.29, 1.82) is 0 Å². The van der Waals surface area contributed by atoms with Crippen LogP contribution in [-0.4, -0.2) is 50.1 Å². The smallest absolute Gasteiger partial charge is 0.425 e. The summed E-state index contributed by atoms with van der Waals surface area (Å²) in [6.07, 6.45) is -5.50. The Hall–Kier alpha value is -3.28. The van der Waals surface area contributed by atoms with Gasteiger partial charge in [-0.15, -0.1) is 0 Å². The number of hydrogen-bond acceptors (Lipinski definition) is 8. The molecular formula is C22H24F3N3O5S. The number of hydrogen-bond donors (Lipinski definition) is 1. The average Bonchev–Trinajstić information content (AvgIpc) is 2.79. The SMILES string of the molecule is CCOc1cc(OC)cc2ncnc(Nc3cc(S(=O)(=O)CC)ccc3OC(C)C(F)(F)F)c12. The molecule has 0 amide bonds. The van der Waals surface area contributed by atoms with E-state index < -0.39 is 22.1 Å². The van der Waals surface area contributed by atoms with Gasteiger partial charge >= 0.3 is 6.18 Å². The molecular weight excluding hydrogens is 475 g/mol. The van der Waals surface area contributed by atoms with Crippen LogP contribution < -0.4 is 19.5 Å². The number of nitrogens with zero attached hydrogens (tertiary/aromatic N) is 2. The van der Waals surface area contributed by atoms with Crippen molar-refractivity contribution in [3.05, 3.63) is 36.7 Å². The minimum atomic E-state index is -4.62. The lowest BCUT2D eigenvalue weighted by Crippen LogP contribution is -2.31. The van der Waals surface area contributed by atoms with Gasteiger partial charge in [0.05, 0.1) is 41.0 Å². The molecule has 0 bridgehead atoms. The Morgan fingerprint density at radius 3 is 2.44 bits per heavy atom. The van der Waals surface area contributed by atoms with E-state index in [1.807, 2.05) is 0 Å². The molecule has 0 spiro atoms. The first-order valence-corrected chi connectivity index (χ1v) is 12.0. The van der Waals surface area contributed by atoms with Gasteiger partial charge in [0.15, 0.2) is 15.9 Å². The molecule has 2 aromatic carbocycles. The Kier molecular flexibility index (Phi) is 7.39. The molecule has 3 aromatic rings. The minimum Gasteiger partial charge on any atom is -0.497 e. The number of ether oxygens (including phenoxy) is 3. The summed E-state index contributed by atoms with van der Waals surface area (Å²) in [5.41, 5.74) is 0.438. The van der Waals surface area contributed by atoms with Gasteiger partial charge in [0.2, 0.25) is 0 Å². The van der Waals surface area contributed by atoms with E-state index in [1.165, 1.54) is 38.6 Å². The third-order valence-electron chi connectivity index (χ3n) is 4.92. The van der Waals surface area contributed by atoms with Crippen molar-refractivity contribution < 1.29 is 35.8 Å². The van der Waals surface area contributed by atoms with E-state index in [2.05, 4.69) is 15.3 Å². The summed E-state index contributed by atoms with van der Waals surface area (Å²) in [5.74, 6) is 0.670. The highest BCUT2D eigenvalue weighted by Crippen LogP contribution is 2.38. The average molecular weight is 500 g/mol. The molecule has 1 heterocycles. The van der Waals surface area contributed by atoms with Crippen molar-refractivity contribution >= 4 is 32.2 Å². The number of methoxy groups -OCH3 is 1. The summed E-state index contributed by atoms with van der Waals surface area (Å²) < 4.78 is 80.4. The molecule has 0 saturated carbocycles. The standard InChI is InChI=1S/C22H24F3N3O5S/c1-5-32-19-10-14(31-4)9-17-20(19)21(27-12-26-17)28-16-11-15(34(29,30)6-2)7-8-18(16)33-13(3)22(23,24)25/h7-13H,5-6H2,1-4H3,(H,26,27,28). The van der Waals surface area contributed by atoms with Gasteiger partial charge in [0.25, 0.3) is 0 Å². The van der Waals surface area contributed by atoms with Crippen LogP contribution in [0.25, 0.3) is 10.9 Å². The molecule has 12 heteroatoms. The fourth-order valence-electron chi connectivity index (χ4n) is 3.07. The van der Waals surface area contributed by atoms with Crippen molar-refractivity contribution in [1.82, 2.24) is 9.97 Å². The second-order valence-corrected chi connectivity index (χ2v) is 9.44. The number of nitrogens with one attached hydrogen (secondary N) is 1. The van der Waals surface area contributed by atoms with E-state index in [0.29, 0.717) is 29.0 Å². The fraction of sp³-hybridized carbons (Fsp3) is 0.364. The molecule has 1 N–H and O–H groups in total. The maximum Gasteiger partial charge on any atom is 0.425 e. The monoisotopic (exact) mass is 499 g/mol. The van der Waals surface area contributed by atoms with E-state index in [-0.39, 0.29) is 27.9 Å². The molecule has 0 radical (unpaired) electrons. The first-order chi connectivity index (χ1) is 16.0. The van der Waals surface area contributed by atoms with E-state index in [9.17, 15) is 21.6 Å². The Morgan fingerprint density at radius 1 is 1.09 bits per heavy atom. The number of fused-ring (bicyclic) bond motifs is 1. The highest BCUT2D eigenvalue weighted by Gasteiger charge is 2.38. The van der Waals surface area contributed by atoms with Gasteiger partial charge in [-0.1, -0.05) is 6.92 Å². The highest BCUT2D eigenvalue weighted by molar-refractivity contribution is 7.91. The zero-order valence-electron chi connectivity index (χ0n) is 18.9. The van der Waals surface area contributed by atoms with Crippen LogP contribution in [-0.2, 0) is 9.84 Å². The van der Waals surface area contributed by atoms with Crippen molar-refractivity contribution in [3.8, 4) is 17.2 Å². The van der Waals surface area contributed by atoms with Gasteiger partial charge in [0, 0.05) is 12.1 Å². The van der Waals surface area contributed by atoms with Crippen LogP contribution in [0.4, 0.5) is 24.7 Å². The molecule has 1 atom stereocenters. The summed E-state index contributed by atoms with van der Waals surface area (Å²) in [5, 5.41) is 3.35. The summed E-state index contributed by atoms with van der Waals surface area (Å²) in [6, 6.07) is 6.88. The molecule has 184 valence electrons. The maximum absolute atomic E-state index is 13.1. The third kappa shape index (κ3) is 5.44. The lowest BCUT2D eigenvalue weighted by atomic mass is 10.2. The second-order valence-electron chi connectivity index (χ2n) is 7.16. The fourth-order valence-corrected chi connectivity index (χ4v) is 3.97. The third-order valence-corrected chi connectivity index (χ3v) is 6.65. The summed E-state index contributed by atoms with van der Waals surface area (Å²) >= 11 is 0. The maximum atomic E-state index is 13.1.